The highest BCUT2D eigenvalue weighted by molar-refractivity contribution is 8.00. The molecule has 3 aromatic rings. The molecule has 0 saturated carbocycles. The smallest absolute Gasteiger partial charge is 0.237 e. The Kier molecular flexibility index (Phi) is 5.75. The average molecular weight is 390 g/mol. The SMILES string of the molecule is COc1ccc(-n2nnnc2S[C@H](C)C(=O)Nc2ccccc2Cl)cc1. The molecule has 0 saturated heterocycles. The molecule has 1 aromatic heterocycles. The zero-order valence-electron chi connectivity index (χ0n) is 14.1. The van der Waals surface area contributed by atoms with Crippen molar-refractivity contribution in [2.45, 2.75) is 17.3 Å². The van der Waals surface area contributed by atoms with Gasteiger partial charge in [0.05, 0.1) is 28.8 Å². The van der Waals surface area contributed by atoms with Crippen molar-refractivity contribution >= 4 is 35.0 Å². The van der Waals surface area contributed by atoms with Gasteiger partial charge in [-0.15, -0.1) is 5.10 Å². The quantitative estimate of drug-likeness (QED) is 0.650. The highest BCUT2D eigenvalue weighted by Crippen LogP contribution is 2.26. The number of para-hydroxylation sites is 1. The number of nitrogens with one attached hydrogen (secondary N) is 1. The van der Waals surface area contributed by atoms with Crippen LogP contribution in [0.1, 0.15) is 6.92 Å². The topological polar surface area (TPSA) is 81.9 Å². The van der Waals surface area contributed by atoms with Gasteiger partial charge in [-0.1, -0.05) is 35.5 Å². The lowest BCUT2D eigenvalue weighted by atomic mass is 10.3. The molecule has 0 fully saturated rings. The minimum atomic E-state index is -0.422. The lowest BCUT2D eigenvalue weighted by Crippen LogP contribution is -2.23. The number of carbonyl (C=O) groups excluding carboxylic acids is 1. The monoisotopic (exact) mass is 389 g/mol. The fourth-order valence-electron chi connectivity index (χ4n) is 2.15. The van der Waals surface area contributed by atoms with Crippen molar-refractivity contribution in [3.8, 4) is 11.4 Å². The van der Waals surface area contributed by atoms with Crippen molar-refractivity contribution in [1.82, 2.24) is 20.2 Å². The number of methoxy groups -OCH3 is 1. The third-order valence-electron chi connectivity index (χ3n) is 3.54. The number of benzene rings is 2. The Labute approximate surface area is 159 Å². The number of rotatable bonds is 6. The summed E-state index contributed by atoms with van der Waals surface area (Å²) in [5.41, 5.74) is 1.35. The van der Waals surface area contributed by atoms with Crippen molar-refractivity contribution in [3.05, 3.63) is 53.6 Å². The maximum atomic E-state index is 12.4. The molecule has 0 bridgehead atoms. The normalized spacial score (nSPS) is 11.8. The van der Waals surface area contributed by atoms with Crippen LogP contribution >= 0.6 is 23.4 Å². The molecule has 1 amide bonds. The van der Waals surface area contributed by atoms with Crippen LogP contribution in [0.3, 0.4) is 0 Å². The summed E-state index contributed by atoms with van der Waals surface area (Å²) in [7, 11) is 1.60. The maximum Gasteiger partial charge on any atom is 0.237 e. The van der Waals surface area contributed by atoms with Crippen LogP contribution in [0, 0.1) is 0 Å². The third-order valence-corrected chi connectivity index (χ3v) is 4.90. The molecular weight excluding hydrogens is 374 g/mol. The fraction of sp³-hybridized carbons (Fsp3) is 0.176. The van der Waals surface area contributed by atoms with Crippen LogP contribution in [0.15, 0.2) is 53.7 Å². The standard InChI is InChI=1S/C17H16ClN5O2S/c1-11(16(24)19-15-6-4-3-5-14(15)18)26-17-20-21-22-23(17)12-7-9-13(25-2)10-8-12/h3-11H,1-2H3,(H,19,24)/t11-/m1/s1. The Morgan fingerprint density at radius 2 is 1.96 bits per heavy atom. The molecular formula is C17H16ClN5O2S. The van der Waals surface area contributed by atoms with E-state index < -0.39 is 5.25 Å². The first-order valence-electron chi connectivity index (χ1n) is 7.73. The summed E-state index contributed by atoms with van der Waals surface area (Å²) >= 11 is 7.33. The van der Waals surface area contributed by atoms with Crippen LogP contribution < -0.4 is 10.1 Å². The Morgan fingerprint density at radius 3 is 2.65 bits per heavy atom. The molecule has 26 heavy (non-hydrogen) atoms. The van der Waals surface area contributed by atoms with E-state index in [-0.39, 0.29) is 5.91 Å². The summed E-state index contributed by atoms with van der Waals surface area (Å²) in [6.07, 6.45) is 0. The molecule has 134 valence electrons. The van der Waals surface area contributed by atoms with E-state index in [4.69, 9.17) is 16.3 Å². The van der Waals surface area contributed by atoms with Gasteiger partial charge in [0.25, 0.3) is 0 Å². The maximum absolute atomic E-state index is 12.4. The third kappa shape index (κ3) is 4.14. The minimum absolute atomic E-state index is 0.188. The Balaban J connectivity index is 1.72. The number of aromatic nitrogens is 4. The van der Waals surface area contributed by atoms with Crippen LogP contribution in [0.5, 0.6) is 5.75 Å². The van der Waals surface area contributed by atoms with E-state index in [1.807, 2.05) is 30.3 Å². The summed E-state index contributed by atoms with van der Waals surface area (Å²) in [5.74, 6) is 0.552. The molecule has 0 aliphatic rings. The van der Waals surface area contributed by atoms with Crippen molar-refractivity contribution in [2.24, 2.45) is 0 Å². The Morgan fingerprint density at radius 1 is 1.23 bits per heavy atom. The molecule has 2 aromatic carbocycles. The zero-order valence-corrected chi connectivity index (χ0v) is 15.7. The van der Waals surface area contributed by atoms with E-state index in [9.17, 15) is 4.79 Å². The van der Waals surface area contributed by atoms with Crippen LogP contribution in [-0.2, 0) is 4.79 Å². The molecule has 0 radical (unpaired) electrons. The first-order valence-corrected chi connectivity index (χ1v) is 8.99. The number of halogens is 1. The summed E-state index contributed by atoms with van der Waals surface area (Å²) < 4.78 is 6.72. The lowest BCUT2D eigenvalue weighted by Gasteiger charge is -2.12. The minimum Gasteiger partial charge on any atom is -0.497 e. The second-order valence-corrected chi connectivity index (χ2v) is 7.02. The van der Waals surface area contributed by atoms with Gasteiger partial charge in [-0.05, 0) is 53.7 Å². The summed E-state index contributed by atoms with van der Waals surface area (Å²) in [6.45, 7) is 1.78. The number of amides is 1. The average Bonchev–Trinajstić information content (AvgIpc) is 3.11. The predicted octanol–water partition coefficient (Wildman–Crippen LogP) is 3.44. The highest BCUT2D eigenvalue weighted by atomic mass is 35.5. The predicted molar refractivity (Wildman–Crippen MR) is 101 cm³/mol. The van der Waals surface area contributed by atoms with Crippen molar-refractivity contribution in [3.63, 3.8) is 0 Å². The van der Waals surface area contributed by atoms with E-state index in [0.717, 1.165) is 11.4 Å². The van der Waals surface area contributed by atoms with E-state index in [1.54, 1.807) is 36.9 Å². The van der Waals surface area contributed by atoms with Gasteiger partial charge in [0, 0.05) is 0 Å². The first-order chi connectivity index (χ1) is 12.6. The van der Waals surface area contributed by atoms with Gasteiger partial charge in [-0.25, -0.2) is 0 Å². The largest absolute Gasteiger partial charge is 0.497 e. The number of anilines is 1. The fourth-order valence-corrected chi connectivity index (χ4v) is 3.14. The van der Waals surface area contributed by atoms with Gasteiger partial charge in [-0.2, -0.15) is 4.68 Å². The van der Waals surface area contributed by atoms with Gasteiger partial charge in [0.15, 0.2) is 0 Å². The van der Waals surface area contributed by atoms with E-state index in [1.165, 1.54) is 11.8 Å². The van der Waals surface area contributed by atoms with E-state index in [2.05, 4.69) is 20.8 Å². The summed E-state index contributed by atoms with van der Waals surface area (Å²) in [6, 6.07) is 14.4. The summed E-state index contributed by atoms with van der Waals surface area (Å²) in [4.78, 5) is 12.4. The molecule has 9 heteroatoms. The number of tetrazole rings is 1. The lowest BCUT2D eigenvalue weighted by molar-refractivity contribution is -0.115. The number of hydrogen-bond donors (Lipinski definition) is 1. The highest BCUT2D eigenvalue weighted by Gasteiger charge is 2.20. The number of carbonyl (C=O) groups is 1. The summed E-state index contributed by atoms with van der Waals surface area (Å²) in [5, 5.41) is 15.1. The number of ether oxygens (including phenoxy) is 1. The molecule has 3 rings (SSSR count). The van der Waals surface area contributed by atoms with Crippen LogP contribution in [0.2, 0.25) is 5.02 Å². The van der Waals surface area contributed by atoms with Crippen molar-refractivity contribution in [1.29, 1.82) is 0 Å². The molecule has 0 unspecified atom stereocenters. The number of thioether (sulfide) groups is 1. The Hall–Kier alpha value is -2.58. The van der Waals surface area contributed by atoms with Crippen molar-refractivity contribution in [2.75, 3.05) is 12.4 Å². The van der Waals surface area contributed by atoms with Crippen molar-refractivity contribution < 1.29 is 9.53 Å². The zero-order chi connectivity index (χ0) is 18.5. The second-order valence-electron chi connectivity index (χ2n) is 5.30. The van der Waals surface area contributed by atoms with Crippen LogP contribution in [0.4, 0.5) is 5.69 Å². The van der Waals surface area contributed by atoms with Crippen LogP contribution in [-0.4, -0.2) is 38.5 Å². The molecule has 0 aliphatic heterocycles. The van der Waals surface area contributed by atoms with Gasteiger partial charge < -0.3 is 10.1 Å². The molecule has 1 heterocycles. The molecule has 0 aliphatic carbocycles. The van der Waals surface area contributed by atoms with Gasteiger partial charge >= 0.3 is 0 Å². The molecule has 0 spiro atoms. The van der Waals surface area contributed by atoms with Gasteiger partial charge in [-0.3, -0.25) is 4.79 Å². The molecule has 7 nitrogen and oxygen atoms in total. The van der Waals surface area contributed by atoms with Gasteiger partial charge in [0.1, 0.15) is 5.75 Å². The van der Waals surface area contributed by atoms with Crippen LogP contribution in [0.25, 0.3) is 5.69 Å². The van der Waals surface area contributed by atoms with E-state index >= 15 is 0 Å². The number of hydrogen-bond acceptors (Lipinski definition) is 6. The Bertz CT molecular complexity index is 900. The van der Waals surface area contributed by atoms with Gasteiger partial charge in [0.2, 0.25) is 11.1 Å². The molecule has 1 atom stereocenters. The molecule has 1 N–H and O–H groups in total. The second kappa shape index (κ2) is 8.20. The first kappa shape index (κ1) is 18.2. The number of nitrogens with zero attached hydrogens (tertiary/aromatic N) is 4. The van der Waals surface area contributed by atoms with E-state index in [0.29, 0.717) is 15.9 Å².